The van der Waals surface area contributed by atoms with Crippen molar-refractivity contribution >= 4 is 23.7 Å². The second-order valence-corrected chi connectivity index (χ2v) is 5.17. The average Bonchev–Trinajstić information content (AvgIpc) is 2.39. The Balaban J connectivity index is 3.36. The van der Waals surface area contributed by atoms with Gasteiger partial charge in [0.15, 0.2) is 5.41 Å². The standard InChI is InChI=1S/C14H17FO4S/c1-3-19-13(18)14(12(16)17,7-8-20-2)10-5-4-6-11(15)9-10/h4-6,9H,3,7-8H2,1-2H3,(H,16,17). The highest BCUT2D eigenvalue weighted by Crippen LogP contribution is 2.32. The highest BCUT2D eigenvalue weighted by Gasteiger charge is 2.49. The molecule has 0 radical (unpaired) electrons. The van der Waals surface area contributed by atoms with Crippen molar-refractivity contribution in [3.63, 3.8) is 0 Å². The van der Waals surface area contributed by atoms with E-state index in [1.165, 1.54) is 30.0 Å². The van der Waals surface area contributed by atoms with Crippen LogP contribution in [0.5, 0.6) is 0 Å². The number of benzene rings is 1. The van der Waals surface area contributed by atoms with Crippen LogP contribution in [0.15, 0.2) is 24.3 Å². The van der Waals surface area contributed by atoms with E-state index in [2.05, 4.69) is 0 Å². The first-order chi connectivity index (χ1) is 9.48. The quantitative estimate of drug-likeness (QED) is 0.619. The molecule has 1 unspecified atom stereocenters. The van der Waals surface area contributed by atoms with Crippen molar-refractivity contribution in [2.75, 3.05) is 18.6 Å². The van der Waals surface area contributed by atoms with Crippen molar-refractivity contribution in [2.24, 2.45) is 0 Å². The van der Waals surface area contributed by atoms with Gasteiger partial charge in [-0.05, 0) is 43.0 Å². The molecule has 1 aromatic carbocycles. The van der Waals surface area contributed by atoms with Crippen molar-refractivity contribution in [3.05, 3.63) is 35.6 Å². The number of carboxylic acid groups (broad SMARTS) is 1. The molecule has 0 aliphatic rings. The van der Waals surface area contributed by atoms with Crippen LogP contribution in [-0.2, 0) is 19.7 Å². The Kier molecular flexibility index (Phi) is 6.01. The van der Waals surface area contributed by atoms with Gasteiger partial charge in [-0.15, -0.1) is 0 Å². The second-order valence-electron chi connectivity index (χ2n) is 4.18. The fourth-order valence-electron chi connectivity index (χ4n) is 1.95. The number of aliphatic carboxylic acids is 1. The number of carbonyl (C=O) groups is 2. The molecular formula is C14H17FO4S. The number of ether oxygens (including phenoxy) is 1. The fraction of sp³-hybridized carbons (Fsp3) is 0.429. The summed E-state index contributed by atoms with van der Waals surface area (Å²) in [4.78, 5) is 23.9. The summed E-state index contributed by atoms with van der Waals surface area (Å²) in [6.07, 6.45) is 1.86. The summed E-state index contributed by atoms with van der Waals surface area (Å²) in [5, 5.41) is 9.56. The minimum Gasteiger partial charge on any atom is -0.480 e. The Morgan fingerprint density at radius 3 is 2.65 bits per heavy atom. The molecule has 4 nitrogen and oxygen atoms in total. The topological polar surface area (TPSA) is 63.6 Å². The lowest BCUT2D eigenvalue weighted by Gasteiger charge is -2.27. The summed E-state index contributed by atoms with van der Waals surface area (Å²) >= 11 is 1.42. The number of thioether (sulfide) groups is 1. The maximum Gasteiger partial charge on any atom is 0.328 e. The van der Waals surface area contributed by atoms with E-state index in [1.54, 1.807) is 6.92 Å². The zero-order chi connectivity index (χ0) is 15.2. The third-order valence-electron chi connectivity index (χ3n) is 2.99. The van der Waals surface area contributed by atoms with E-state index in [-0.39, 0.29) is 18.6 Å². The minimum absolute atomic E-state index is 0.0474. The molecule has 1 rings (SSSR count). The van der Waals surface area contributed by atoms with Gasteiger partial charge in [-0.3, -0.25) is 9.59 Å². The van der Waals surface area contributed by atoms with Crippen molar-refractivity contribution in [2.45, 2.75) is 18.8 Å². The third kappa shape index (κ3) is 3.30. The molecule has 6 heteroatoms. The SMILES string of the molecule is CCOC(=O)C(CCSC)(C(=O)O)c1cccc(F)c1. The Bertz CT molecular complexity index is 492. The highest BCUT2D eigenvalue weighted by atomic mass is 32.2. The number of carboxylic acids is 1. The molecule has 110 valence electrons. The van der Waals surface area contributed by atoms with E-state index >= 15 is 0 Å². The lowest BCUT2D eigenvalue weighted by atomic mass is 9.78. The Morgan fingerprint density at radius 2 is 2.15 bits per heavy atom. The summed E-state index contributed by atoms with van der Waals surface area (Å²) in [5.74, 6) is -2.31. The fourth-order valence-corrected chi connectivity index (χ4v) is 2.46. The number of rotatable bonds is 7. The minimum atomic E-state index is -1.86. The van der Waals surface area contributed by atoms with Gasteiger partial charge >= 0.3 is 11.9 Å². The van der Waals surface area contributed by atoms with Crippen LogP contribution in [0.3, 0.4) is 0 Å². The predicted molar refractivity (Wildman–Crippen MR) is 75.3 cm³/mol. The van der Waals surface area contributed by atoms with Gasteiger partial charge in [-0.25, -0.2) is 4.39 Å². The van der Waals surface area contributed by atoms with Crippen molar-refractivity contribution in [3.8, 4) is 0 Å². The van der Waals surface area contributed by atoms with Crippen molar-refractivity contribution in [1.29, 1.82) is 0 Å². The Hall–Kier alpha value is -1.56. The maximum atomic E-state index is 13.4. The molecule has 0 heterocycles. The van der Waals surface area contributed by atoms with Gasteiger partial charge in [0.1, 0.15) is 5.82 Å². The number of hydrogen-bond donors (Lipinski definition) is 1. The van der Waals surface area contributed by atoms with Crippen LogP contribution in [0.4, 0.5) is 4.39 Å². The van der Waals surface area contributed by atoms with Crippen LogP contribution in [0.25, 0.3) is 0 Å². The lowest BCUT2D eigenvalue weighted by Crippen LogP contribution is -2.45. The van der Waals surface area contributed by atoms with Crippen LogP contribution < -0.4 is 0 Å². The van der Waals surface area contributed by atoms with Crippen molar-refractivity contribution in [1.82, 2.24) is 0 Å². The average molecular weight is 300 g/mol. The zero-order valence-electron chi connectivity index (χ0n) is 11.4. The molecule has 1 aromatic rings. The molecule has 0 bridgehead atoms. The first-order valence-corrected chi connectivity index (χ1v) is 7.54. The lowest BCUT2D eigenvalue weighted by molar-refractivity contribution is -0.161. The van der Waals surface area contributed by atoms with E-state index in [1.807, 2.05) is 6.26 Å². The van der Waals surface area contributed by atoms with Gasteiger partial charge in [-0.2, -0.15) is 11.8 Å². The summed E-state index contributed by atoms with van der Waals surface area (Å²) in [6.45, 7) is 1.67. The molecule has 0 saturated heterocycles. The Morgan fingerprint density at radius 1 is 1.45 bits per heavy atom. The zero-order valence-corrected chi connectivity index (χ0v) is 12.2. The number of halogens is 1. The Labute approximate surface area is 121 Å². The van der Waals surface area contributed by atoms with Crippen LogP contribution in [0.2, 0.25) is 0 Å². The molecule has 0 fully saturated rings. The van der Waals surface area contributed by atoms with Crippen LogP contribution in [-0.4, -0.2) is 35.7 Å². The van der Waals surface area contributed by atoms with Crippen LogP contribution in [0.1, 0.15) is 18.9 Å². The molecule has 0 aromatic heterocycles. The smallest absolute Gasteiger partial charge is 0.328 e. The van der Waals surface area contributed by atoms with E-state index in [4.69, 9.17) is 4.74 Å². The van der Waals surface area contributed by atoms with Gasteiger partial charge in [0, 0.05) is 0 Å². The molecular weight excluding hydrogens is 283 g/mol. The van der Waals surface area contributed by atoms with Gasteiger partial charge in [0.2, 0.25) is 0 Å². The van der Waals surface area contributed by atoms with E-state index in [9.17, 15) is 19.1 Å². The number of esters is 1. The van der Waals surface area contributed by atoms with Gasteiger partial charge in [0.05, 0.1) is 6.61 Å². The number of hydrogen-bond acceptors (Lipinski definition) is 4. The van der Waals surface area contributed by atoms with Crippen LogP contribution in [0, 0.1) is 5.82 Å². The highest BCUT2D eigenvalue weighted by molar-refractivity contribution is 7.98. The molecule has 0 saturated carbocycles. The molecule has 0 amide bonds. The largest absolute Gasteiger partial charge is 0.480 e. The van der Waals surface area contributed by atoms with Crippen LogP contribution >= 0.6 is 11.8 Å². The first kappa shape index (κ1) is 16.5. The van der Waals surface area contributed by atoms with E-state index in [0.717, 1.165) is 6.07 Å². The summed E-state index contributed by atoms with van der Waals surface area (Å²) in [7, 11) is 0. The van der Waals surface area contributed by atoms with E-state index in [0.29, 0.717) is 5.75 Å². The van der Waals surface area contributed by atoms with Gasteiger partial charge in [0.25, 0.3) is 0 Å². The molecule has 1 N–H and O–H groups in total. The molecule has 0 aliphatic carbocycles. The van der Waals surface area contributed by atoms with Crippen molar-refractivity contribution < 1.29 is 23.8 Å². The summed E-state index contributed by atoms with van der Waals surface area (Å²) in [6, 6.07) is 5.11. The number of carbonyl (C=O) groups excluding carboxylic acids is 1. The third-order valence-corrected chi connectivity index (χ3v) is 3.60. The summed E-state index contributed by atoms with van der Waals surface area (Å²) in [5.41, 5.74) is -1.75. The molecule has 20 heavy (non-hydrogen) atoms. The van der Waals surface area contributed by atoms with Gasteiger partial charge < -0.3 is 9.84 Å². The second kappa shape index (κ2) is 7.28. The first-order valence-electron chi connectivity index (χ1n) is 6.14. The normalized spacial score (nSPS) is 13.6. The van der Waals surface area contributed by atoms with E-state index < -0.39 is 23.2 Å². The predicted octanol–water partition coefficient (Wildman–Crippen LogP) is 2.46. The molecule has 0 spiro atoms. The molecule has 0 aliphatic heterocycles. The molecule has 1 atom stereocenters. The summed E-state index contributed by atoms with van der Waals surface area (Å²) < 4.78 is 18.3. The van der Waals surface area contributed by atoms with Gasteiger partial charge in [-0.1, -0.05) is 12.1 Å². The monoisotopic (exact) mass is 300 g/mol. The maximum absolute atomic E-state index is 13.4.